The van der Waals surface area contributed by atoms with Crippen molar-refractivity contribution in [3.63, 3.8) is 0 Å². The second-order valence-corrected chi connectivity index (χ2v) is 5.99. The fourth-order valence-corrected chi connectivity index (χ4v) is 3.04. The predicted molar refractivity (Wildman–Crippen MR) is 77.6 cm³/mol. The van der Waals surface area contributed by atoms with Gasteiger partial charge in [-0.1, -0.05) is 23.7 Å². The number of ether oxygens (including phenoxy) is 1. The summed E-state index contributed by atoms with van der Waals surface area (Å²) in [6.45, 7) is 1.91. The first-order valence-corrected chi connectivity index (χ1v) is 7.46. The molecular weight excluding hydrogens is 280 g/mol. The monoisotopic (exact) mass is 292 g/mol. The number of benzene rings is 1. The summed E-state index contributed by atoms with van der Waals surface area (Å²) in [5.74, 6) is 0.724. The van der Waals surface area contributed by atoms with Crippen molar-refractivity contribution in [2.75, 3.05) is 0 Å². The third-order valence-corrected chi connectivity index (χ3v) is 4.72. The number of hydrogen-bond acceptors (Lipinski definition) is 3. The van der Waals surface area contributed by atoms with Gasteiger partial charge in [-0.05, 0) is 42.8 Å². The Kier molecular flexibility index (Phi) is 3.33. The van der Waals surface area contributed by atoms with E-state index < -0.39 is 0 Å². The molecule has 98 valence electrons. The van der Waals surface area contributed by atoms with Gasteiger partial charge < -0.3 is 4.74 Å². The Labute approximate surface area is 121 Å². The minimum atomic E-state index is -0.0376. The summed E-state index contributed by atoms with van der Waals surface area (Å²) >= 11 is 7.53. The highest BCUT2D eigenvalue weighted by Gasteiger charge is 2.24. The van der Waals surface area contributed by atoms with Crippen molar-refractivity contribution < 1.29 is 9.53 Å². The Morgan fingerprint density at radius 1 is 1.42 bits per heavy atom. The maximum atomic E-state index is 12.4. The molecule has 0 spiro atoms. The third kappa shape index (κ3) is 2.67. The number of rotatable bonds is 4. The molecule has 4 heteroatoms. The van der Waals surface area contributed by atoms with Crippen LogP contribution in [0.2, 0.25) is 5.02 Å². The lowest BCUT2D eigenvalue weighted by Crippen LogP contribution is -2.01. The van der Waals surface area contributed by atoms with Crippen molar-refractivity contribution in [3.8, 4) is 5.75 Å². The van der Waals surface area contributed by atoms with Crippen molar-refractivity contribution in [2.24, 2.45) is 0 Å². The fraction of sp³-hybridized carbons (Fsp3) is 0.267. The fourth-order valence-electron chi connectivity index (χ4n) is 1.80. The molecular formula is C15H13ClO2S. The molecule has 1 aromatic carbocycles. The highest BCUT2D eigenvalue weighted by atomic mass is 35.5. The van der Waals surface area contributed by atoms with E-state index in [9.17, 15) is 4.79 Å². The Morgan fingerprint density at radius 3 is 2.84 bits per heavy atom. The average molecular weight is 293 g/mol. The SMILES string of the molecule is Cc1csc(C(=O)c2cccc(OC3CC3)c2)c1Cl. The van der Waals surface area contributed by atoms with Crippen LogP contribution in [-0.2, 0) is 0 Å². The molecule has 1 saturated carbocycles. The van der Waals surface area contributed by atoms with Crippen molar-refractivity contribution in [1.29, 1.82) is 0 Å². The van der Waals surface area contributed by atoms with Gasteiger partial charge in [0.1, 0.15) is 5.75 Å². The molecule has 1 fully saturated rings. The average Bonchev–Trinajstić information content (AvgIpc) is 3.16. The molecule has 0 atom stereocenters. The summed E-state index contributed by atoms with van der Waals surface area (Å²) in [5, 5.41) is 2.46. The third-order valence-electron chi connectivity index (χ3n) is 3.03. The van der Waals surface area contributed by atoms with Crippen LogP contribution in [0.25, 0.3) is 0 Å². The number of thiophene rings is 1. The van der Waals surface area contributed by atoms with Crippen molar-refractivity contribution in [1.82, 2.24) is 0 Å². The minimum absolute atomic E-state index is 0.0376. The first kappa shape index (κ1) is 12.7. The van der Waals surface area contributed by atoms with Crippen LogP contribution in [-0.4, -0.2) is 11.9 Å². The molecule has 0 bridgehead atoms. The van der Waals surface area contributed by atoms with E-state index in [0.29, 0.717) is 21.6 Å². The number of ketones is 1. The number of aryl methyl sites for hydroxylation is 1. The molecule has 1 aliphatic rings. The summed E-state index contributed by atoms with van der Waals surface area (Å²) in [6.07, 6.45) is 2.54. The lowest BCUT2D eigenvalue weighted by atomic mass is 10.1. The Hall–Kier alpha value is -1.32. The molecule has 0 unspecified atom stereocenters. The second kappa shape index (κ2) is 4.99. The van der Waals surface area contributed by atoms with Gasteiger partial charge in [0.2, 0.25) is 5.78 Å². The van der Waals surface area contributed by atoms with E-state index in [1.54, 1.807) is 12.1 Å². The summed E-state index contributed by atoms with van der Waals surface area (Å²) in [4.78, 5) is 13.0. The molecule has 0 saturated heterocycles. The minimum Gasteiger partial charge on any atom is -0.490 e. The van der Waals surface area contributed by atoms with Gasteiger partial charge in [-0.3, -0.25) is 4.79 Å². The Balaban J connectivity index is 1.88. The molecule has 2 aromatic rings. The van der Waals surface area contributed by atoms with Gasteiger partial charge in [0, 0.05) is 5.56 Å². The van der Waals surface area contributed by atoms with Gasteiger partial charge in [0.25, 0.3) is 0 Å². The highest BCUT2D eigenvalue weighted by Crippen LogP contribution is 2.31. The number of halogens is 1. The van der Waals surface area contributed by atoms with Crippen LogP contribution < -0.4 is 4.74 Å². The zero-order chi connectivity index (χ0) is 13.4. The van der Waals surface area contributed by atoms with Gasteiger partial charge in [-0.15, -0.1) is 11.3 Å². The normalized spacial score (nSPS) is 14.4. The quantitative estimate of drug-likeness (QED) is 0.777. The van der Waals surface area contributed by atoms with E-state index in [1.165, 1.54) is 11.3 Å². The highest BCUT2D eigenvalue weighted by molar-refractivity contribution is 7.13. The standard InChI is InChI=1S/C15H13ClO2S/c1-9-8-19-15(13(9)16)14(17)10-3-2-4-12(7-10)18-11-5-6-11/h2-4,7-8,11H,5-6H2,1H3. The van der Waals surface area contributed by atoms with E-state index in [2.05, 4.69) is 0 Å². The van der Waals surface area contributed by atoms with Crippen molar-refractivity contribution >= 4 is 28.7 Å². The maximum absolute atomic E-state index is 12.4. The van der Waals surface area contributed by atoms with Gasteiger partial charge in [-0.25, -0.2) is 0 Å². The largest absolute Gasteiger partial charge is 0.490 e. The molecule has 0 amide bonds. The zero-order valence-electron chi connectivity index (χ0n) is 10.5. The summed E-state index contributed by atoms with van der Waals surface area (Å²) in [7, 11) is 0. The molecule has 0 radical (unpaired) electrons. The molecule has 1 aromatic heterocycles. The topological polar surface area (TPSA) is 26.3 Å². The van der Waals surface area contributed by atoms with E-state index in [4.69, 9.17) is 16.3 Å². The van der Waals surface area contributed by atoms with E-state index in [-0.39, 0.29) is 5.78 Å². The molecule has 0 N–H and O–H groups in total. The predicted octanol–water partition coefficient (Wildman–Crippen LogP) is 4.48. The van der Waals surface area contributed by atoms with Gasteiger partial charge in [-0.2, -0.15) is 0 Å². The smallest absolute Gasteiger partial charge is 0.204 e. The second-order valence-electron chi connectivity index (χ2n) is 4.74. The van der Waals surface area contributed by atoms with Gasteiger partial charge in [0.15, 0.2) is 0 Å². The van der Waals surface area contributed by atoms with Crippen molar-refractivity contribution in [3.05, 3.63) is 50.7 Å². The number of hydrogen-bond donors (Lipinski definition) is 0. The number of carbonyl (C=O) groups excluding carboxylic acids is 1. The Bertz CT molecular complexity index is 629. The van der Waals surface area contributed by atoms with Crippen LogP contribution in [0.15, 0.2) is 29.6 Å². The Morgan fingerprint density at radius 2 is 2.21 bits per heavy atom. The molecule has 2 nitrogen and oxygen atoms in total. The first-order valence-electron chi connectivity index (χ1n) is 6.20. The van der Waals surface area contributed by atoms with Crippen LogP contribution in [0.1, 0.15) is 33.6 Å². The number of carbonyl (C=O) groups is 1. The van der Waals surface area contributed by atoms with Crippen LogP contribution in [0.4, 0.5) is 0 Å². The van der Waals surface area contributed by atoms with Crippen LogP contribution >= 0.6 is 22.9 Å². The molecule has 19 heavy (non-hydrogen) atoms. The molecule has 1 aliphatic carbocycles. The molecule has 1 heterocycles. The summed E-state index contributed by atoms with van der Waals surface area (Å²) < 4.78 is 5.71. The zero-order valence-corrected chi connectivity index (χ0v) is 12.1. The lowest BCUT2D eigenvalue weighted by molar-refractivity contribution is 0.104. The van der Waals surface area contributed by atoms with E-state index in [0.717, 1.165) is 24.2 Å². The van der Waals surface area contributed by atoms with E-state index >= 15 is 0 Å². The van der Waals surface area contributed by atoms with Crippen LogP contribution in [0.3, 0.4) is 0 Å². The first-order chi connectivity index (χ1) is 9.15. The van der Waals surface area contributed by atoms with Gasteiger partial charge in [0.05, 0.1) is 16.0 Å². The van der Waals surface area contributed by atoms with Crippen LogP contribution in [0.5, 0.6) is 5.75 Å². The maximum Gasteiger partial charge on any atom is 0.204 e. The molecule has 3 rings (SSSR count). The summed E-state index contributed by atoms with van der Waals surface area (Å²) in [6, 6.07) is 7.33. The van der Waals surface area contributed by atoms with Crippen molar-refractivity contribution in [2.45, 2.75) is 25.9 Å². The van der Waals surface area contributed by atoms with Crippen LogP contribution in [0, 0.1) is 6.92 Å². The summed E-state index contributed by atoms with van der Waals surface area (Å²) in [5.41, 5.74) is 1.57. The lowest BCUT2D eigenvalue weighted by Gasteiger charge is -2.06. The molecule has 0 aliphatic heterocycles. The van der Waals surface area contributed by atoms with E-state index in [1.807, 2.05) is 24.4 Å². The van der Waals surface area contributed by atoms with Gasteiger partial charge >= 0.3 is 0 Å².